The maximum atomic E-state index is 12.9. The molecule has 0 radical (unpaired) electrons. The average molecular weight is 362 g/mol. The second-order valence-corrected chi connectivity index (χ2v) is 6.23. The number of benzene rings is 2. The van der Waals surface area contributed by atoms with Gasteiger partial charge in [0.15, 0.2) is 0 Å². The highest BCUT2D eigenvalue weighted by molar-refractivity contribution is 6.58. The summed E-state index contributed by atoms with van der Waals surface area (Å²) in [5.41, 5.74) is 1.83. The van der Waals surface area contributed by atoms with Crippen LogP contribution in [-0.2, 0) is 14.3 Å². The van der Waals surface area contributed by atoms with E-state index in [1.807, 2.05) is 6.07 Å². The highest BCUT2D eigenvalue weighted by Gasteiger charge is 2.22. The Morgan fingerprint density at radius 3 is 2.00 bits per heavy atom. The molecule has 0 amide bonds. The number of esters is 1. The summed E-state index contributed by atoms with van der Waals surface area (Å²) in [7, 11) is 0. The van der Waals surface area contributed by atoms with Crippen LogP contribution in [0.2, 0.25) is 0 Å². The Morgan fingerprint density at radius 1 is 0.963 bits per heavy atom. The number of hydrogen-bond donors (Lipinski definition) is 0. The van der Waals surface area contributed by atoms with E-state index in [-0.39, 0.29) is 17.6 Å². The largest absolute Gasteiger partial charge is 0.463 e. The van der Waals surface area contributed by atoms with Crippen molar-refractivity contribution in [1.82, 2.24) is 0 Å². The zero-order valence-electron chi connectivity index (χ0n) is 15.5. The molecule has 2 rings (SSSR count). The maximum Gasteiger partial charge on any atom is 0.302 e. The monoisotopic (exact) mass is 362 g/mol. The molecule has 138 valence electrons. The normalized spacial score (nSPS) is 12.1. The lowest BCUT2D eigenvalue weighted by Crippen LogP contribution is -2.17. The molecule has 0 heterocycles. The lowest BCUT2D eigenvalue weighted by Gasteiger charge is -2.13. The van der Waals surface area contributed by atoms with E-state index in [1.165, 1.54) is 6.92 Å². The molecule has 0 spiro atoms. The van der Waals surface area contributed by atoms with E-state index >= 15 is 0 Å². The van der Waals surface area contributed by atoms with E-state index in [4.69, 9.17) is 4.74 Å². The summed E-state index contributed by atoms with van der Waals surface area (Å²) in [5.74, 6) is -1.56. The first kappa shape index (κ1) is 20.0. The lowest BCUT2D eigenvalue weighted by atomic mass is 9.93. The first-order chi connectivity index (χ1) is 12.9. The van der Waals surface area contributed by atoms with Gasteiger partial charge in [0, 0.05) is 24.5 Å². The quantitative estimate of drug-likeness (QED) is 0.229. The van der Waals surface area contributed by atoms with Crippen LogP contribution < -0.4 is 0 Å². The third kappa shape index (κ3) is 5.89. The highest BCUT2D eigenvalue weighted by atomic mass is 16.5. The van der Waals surface area contributed by atoms with Gasteiger partial charge < -0.3 is 4.74 Å². The Kier molecular flexibility index (Phi) is 7.00. The fourth-order valence-corrected chi connectivity index (χ4v) is 2.70. The predicted octanol–water partition coefficient (Wildman–Crippen LogP) is 4.42. The second-order valence-electron chi connectivity index (χ2n) is 6.23. The smallest absolute Gasteiger partial charge is 0.302 e. The summed E-state index contributed by atoms with van der Waals surface area (Å²) in [6.45, 7) is 7.04. The van der Waals surface area contributed by atoms with Crippen LogP contribution >= 0.6 is 0 Å². The molecule has 2 aromatic carbocycles. The number of ketones is 2. The van der Waals surface area contributed by atoms with Gasteiger partial charge in [-0.05, 0) is 18.6 Å². The molecular formula is C23H22O4. The molecule has 4 heteroatoms. The number of rotatable bonds is 8. The first-order valence-corrected chi connectivity index (χ1v) is 8.64. The van der Waals surface area contributed by atoms with Crippen LogP contribution in [0.3, 0.4) is 0 Å². The number of hydrogen-bond acceptors (Lipinski definition) is 4. The van der Waals surface area contributed by atoms with Gasteiger partial charge in [-0.15, -0.1) is 0 Å². The fraction of sp³-hybridized carbons (Fsp3) is 0.174. The summed E-state index contributed by atoms with van der Waals surface area (Å²) < 4.78 is 5.10. The molecule has 0 aliphatic carbocycles. The summed E-state index contributed by atoms with van der Waals surface area (Å²) in [6, 6.07) is 17.4. The Balaban J connectivity index is 2.32. The number of carbonyl (C=O) groups is 3. The van der Waals surface area contributed by atoms with Crippen molar-refractivity contribution in [3.63, 3.8) is 0 Å². The number of ether oxygens (including phenoxy) is 1. The molecule has 1 unspecified atom stereocenters. The van der Waals surface area contributed by atoms with E-state index in [0.29, 0.717) is 23.1 Å². The topological polar surface area (TPSA) is 60.4 Å². The van der Waals surface area contributed by atoms with Crippen molar-refractivity contribution in [3.05, 3.63) is 90.0 Å². The minimum Gasteiger partial charge on any atom is -0.463 e. The molecule has 2 aromatic rings. The van der Waals surface area contributed by atoms with Crippen molar-refractivity contribution in [2.75, 3.05) is 0 Å². The standard InChI is InChI=1S/C23H22O4/c1-16(14-17(2)27-18(3)24)15-21(19-10-6-4-7-11-19)23(26)22(25)20-12-8-5-9-13-20/h4-13,15,17H,1,14H2,2-3H3/b21-15+. The zero-order valence-corrected chi connectivity index (χ0v) is 15.5. The molecule has 0 N–H and O–H groups in total. The third-order valence-corrected chi connectivity index (χ3v) is 3.84. The molecule has 0 saturated heterocycles. The maximum absolute atomic E-state index is 12.9. The minimum atomic E-state index is -0.603. The average Bonchev–Trinajstić information content (AvgIpc) is 2.65. The van der Waals surface area contributed by atoms with Crippen LogP contribution in [0.5, 0.6) is 0 Å². The number of carbonyl (C=O) groups excluding carboxylic acids is 3. The Labute approximate surface area is 159 Å². The van der Waals surface area contributed by atoms with E-state index in [9.17, 15) is 14.4 Å². The summed E-state index contributed by atoms with van der Waals surface area (Å²) in [6.07, 6.45) is 1.59. The zero-order chi connectivity index (χ0) is 19.8. The predicted molar refractivity (Wildman–Crippen MR) is 105 cm³/mol. The molecule has 4 nitrogen and oxygen atoms in total. The van der Waals surface area contributed by atoms with Crippen LogP contribution in [0.4, 0.5) is 0 Å². The van der Waals surface area contributed by atoms with Crippen molar-refractivity contribution < 1.29 is 19.1 Å². The molecule has 0 fully saturated rings. The van der Waals surface area contributed by atoms with Gasteiger partial charge in [-0.3, -0.25) is 14.4 Å². The van der Waals surface area contributed by atoms with E-state index < -0.39 is 11.6 Å². The minimum absolute atomic E-state index is 0.268. The SMILES string of the molecule is C=C(/C=C(/C(=O)C(=O)c1ccccc1)c1ccccc1)CC(C)OC(C)=O. The first-order valence-electron chi connectivity index (χ1n) is 8.64. The van der Waals surface area contributed by atoms with Gasteiger partial charge in [-0.25, -0.2) is 0 Å². The molecule has 0 bridgehead atoms. The van der Waals surface area contributed by atoms with E-state index in [0.717, 1.165) is 0 Å². The number of allylic oxidation sites excluding steroid dienone is 2. The van der Waals surface area contributed by atoms with E-state index in [2.05, 4.69) is 6.58 Å². The Bertz CT molecular complexity index is 864. The van der Waals surface area contributed by atoms with Gasteiger partial charge >= 0.3 is 5.97 Å². The molecule has 0 aliphatic rings. The molecule has 0 saturated carbocycles. The number of Topliss-reactive ketones (excluding diaryl/α,β-unsaturated/α-hetero) is 2. The van der Waals surface area contributed by atoms with Gasteiger partial charge in [-0.2, -0.15) is 0 Å². The van der Waals surface area contributed by atoms with Crippen LogP contribution in [0.1, 0.15) is 36.2 Å². The van der Waals surface area contributed by atoms with Crippen LogP contribution in [0.25, 0.3) is 5.57 Å². The molecule has 0 aliphatic heterocycles. The van der Waals surface area contributed by atoms with Crippen LogP contribution in [-0.4, -0.2) is 23.6 Å². The van der Waals surface area contributed by atoms with Gasteiger partial charge in [0.2, 0.25) is 11.6 Å². The van der Waals surface area contributed by atoms with Crippen molar-refractivity contribution in [1.29, 1.82) is 0 Å². The molecule has 27 heavy (non-hydrogen) atoms. The van der Waals surface area contributed by atoms with E-state index in [1.54, 1.807) is 67.6 Å². The lowest BCUT2D eigenvalue weighted by molar-refractivity contribution is -0.145. The van der Waals surface area contributed by atoms with Crippen LogP contribution in [0.15, 0.2) is 78.9 Å². The fourth-order valence-electron chi connectivity index (χ4n) is 2.70. The van der Waals surface area contributed by atoms with Crippen molar-refractivity contribution in [2.45, 2.75) is 26.4 Å². The second kappa shape index (κ2) is 9.43. The van der Waals surface area contributed by atoms with Gasteiger partial charge in [-0.1, -0.05) is 72.8 Å². The summed E-state index contributed by atoms with van der Waals surface area (Å²) in [4.78, 5) is 36.6. The van der Waals surface area contributed by atoms with Crippen LogP contribution in [0, 0.1) is 0 Å². The molecular weight excluding hydrogens is 340 g/mol. The molecule has 0 aromatic heterocycles. The third-order valence-electron chi connectivity index (χ3n) is 3.84. The Morgan fingerprint density at radius 2 is 1.48 bits per heavy atom. The van der Waals surface area contributed by atoms with Crippen molar-refractivity contribution in [2.24, 2.45) is 0 Å². The van der Waals surface area contributed by atoms with Crippen molar-refractivity contribution in [3.8, 4) is 0 Å². The summed E-state index contributed by atoms with van der Waals surface area (Å²) in [5, 5.41) is 0. The summed E-state index contributed by atoms with van der Waals surface area (Å²) >= 11 is 0. The Hall–Kier alpha value is -3.27. The van der Waals surface area contributed by atoms with Gasteiger partial charge in [0.25, 0.3) is 0 Å². The highest BCUT2D eigenvalue weighted by Crippen LogP contribution is 2.21. The van der Waals surface area contributed by atoms with Gasteiger partial charge in [0.05, 0.1) is 0 Å². The van der Waals surface area contributed by atoms with Crippen molar-refractivity contribution >= 4 is 23.1 Å². The molecule has 1 atom stereocenters. The van der Waals surface area contributed by atoms with Gasteiger partial charge in [0.1, 0.15) is 6.10 Å².